The minimum Gasteiger partial charge on any atom is -0.391 e. The maximum atomic E-state index is 11.6. The van der Waals surface area contributed by atoms with Crippen molar-refractivity contribution in [3.63, 3.8) is 0 Å². The van der Waals surface area contributed by atoms with Gasteiger partial charge in [-0.3, -0.25) is 0 Å². The molecule has 80 valence electrons. The van der Waals surface area contributed by atoms with Gasteiger partial charge in [0.15, 0.2) is 0 Å². The van der Waals surface area contributed by atoms with E-state index >= 15 is 0 Å². The third-order valence-corrected chi connectivity index (χ3v) is 1.46. The summed E-state index contributed by atoms with van der Waals surface area (Å²) in [5, 5.41) is 9.07. The van der Waals surface area contributed by atoms with Gasteiger partial charge in [0.05, 0.1) is 25.7 Å². The molecule has 0 aliphatic carbocycles. The predicted octanol–water partition coefficient (Wildman–Crippen LogP) is 2.12. The Balaban J connectivity index is 3.25. The maximum absolute atomic E-state index is 11.6. The van der Waals surface area contributed by atoms with Crippen LogP contribution in [0.3, 0.4) is 0 Å². The number of rotatable bonds is 6. The number of halogens is 3. The second-order valence-electron chi connectivity index (χ2n) is 2.88. The topological polar surface area (TPSA) is 29.5 Å². The Labute approximate surface area is 75.7 Å². The third-order valence-electron chi connectivity index (χ3n) is 1.46. The Kier molecular flexibility index (Phi) is 6.07. The molecule has 0 saturated carbocycles. The molecule has 0 bridgehead atoms. The molecule has 1 N–H and O–H groups in total. The molecule has 0 fully saturated rings. The van der Waals surface area contributed by atoms with E-state index in [4.69, 9.17) is 5.11 Å². The first-order chi connectivity index (χ1) is 5.95. The van der Waals surface area contributed by atoms with Crippen molar-refractivity contribution in [2.45, 2.75) is 38.5 Å². The zero-order chi connectivity index (χ0) is 10.3. The molecule has 0 aromatic carbocycles. The summed E-state index contributed by atoms with van der Waals surface area (Å²) in [5.74, 6) is 0. The van der Waals surface area contributed by atoms with E-state index in [1.54, 1.807) is 0 Å². The summed E-state index contributed by atoms with van der Waals surface area (Å²) < 4.78 is 39.4. The van der Waals surface area contributed by atoms with Crippen molar-refractivity contribution in [3.8, 4) is 0 Å². The first kappa shape index (κ1) is 12.7. The van der Waals surface area contributed by atoms with E-state index in [0.717, 1.165) is 6.42 Å². The first-order valence-electron chi connectivity index (χ1n) is 4.28. The SMILES string of the molecule is CCCC(O)COCCC(F)(F)F. The van der Waals surface area contributed by atoms with Crippen molar-refractivity contribution in [2.24, 2.45) is 0 Å². The highest BCUT2D eigenvalue weighted by Gasteiger charge is 2.26. The molecule has 2 nitrogen and oxygen atoms in total. The third kappa shape index (κ3) is 9.63. The normalized spacial score (nSPS) is 14.5. The molecular formula is C8H15F3O2. The molecule has 0 heterocycles. The van der Waals surface area contributed by atoms with Crippen LogP contribution in [0.1, 0.15) is 26.2 Å². The van der Waals surface area contributed by atoms with Crippen LogP contribution in [0.5, 0.6) is 0 Å². The van der Waals surface area contributed by atoms with Crippen LogP contribution in [0.2, 0.25) is 0 Å². The van der Waals surface area contributed by atoms with E-state index in [1.807, 2.05) is 6.92 Å². The number of hydrogen-bond donors (Lipinski definition) is 1. The highest BCUT2D eigenvalue weighted by Crippen LogP contribution is 2.18. The zero-order valence-electron chi connectivity index (χ0n) is 7.60. The Morgan fingerprint density at radius 2 is 2.00 bits per heavy atom. The smallest absolute Gasteiger partial charge is 0.391 e. The fraction of sp³-hybridized carbons (Fsp3) is 1.00. The van der Waals surface area contributed by atoms with Crippen molar-refractivity contribution in [1.82, 2.24) is 0 Å². The summed E-state index contributed by atoms with van der Waals surface area (Å²) in [6.45, 7) is 1.51. The van der Waals surface area contributed by atoms with Crippen molar-refractivity contribution in [1.29, 1.82) is 0 Å². The van der Waals surface area contributed by atoms with E-state index in [0.29, 0.717) is 6.42 Å². The average molecular weight is 200 g/mol. The zero-order valence-corrected chi connectivity index (χ0v) is 7.60. The van der Waals surface area contributed by atoms with E-state index in [1.165, 1.54) is 0 Å². The molecular weight excluding hydrogens is 185 g/mol. The lowest BCUT2D eigenvalue weighted by Crippen LogP contribution is -2.18. The van der Waals surface area contributed by atoms with Crippen LogP contribution in [0.25, 0.3) is 0 Å². The predicted molar refractivity (Wildman–Crippen MR) is 42.4 cm³/mol. The number of hydrogen-bond acceptors (Lipinski definition) is 2. The van der Waals surface area contributed by atoms with Crippen molar-refractivity contribution >= 4 is 0 Å². The maximum Gasteiger partial charge on any atom is 0.391 e. The van der Waals surface area contributed by atoms with E-state index in [-0.39, 0.29) is 13.2 Å². The van der Waals surface area contributed by atoms with E-state index in [2.05, 4.69) is 4.74 Å². The van der Waals surface area contributed by atoms with Gasteiger partial charge in [-0.25, -0.2) is 0 Å². The molecule has 5 heteroatoms. The average Bonchev–Trinajstić information content (AvgIpc) is 1.97. The van der Waals surface area contributed by atoms with Gasteiger partial charge < -0.3 is 9.84 Å². The standard InChI is InChI=1S/C8H15F3O2/c1-2-3-7(12)6-13-5-4-8(9,10)11/h7,12H,2-6H2,1H3. The molecule has 0 aliphatic heterocycles. The van der Waals surface area contributed by atoms with Crippen LogP contribution in [0.15, 0.2) is 0 Å². The highest BCUT2D eigenvalue weighted by atomic mass is 19.4. The Bertz CT molecular complexity index is 125. The van der Waals surface area contributed by atoms with Crippen LogP contribution in [0, 0.1) is 0 Å². The summed E-state index contributed by atoms with van der Waals surface area (Å²) in [6.07, 6.45) is -4.41. The largest absolute Gasteiger partial charge is 0.391 e. The molecule has 1 unspecified atom stereocenters. The Morgan fingerprint density at radius 1 is 1.38 bits per heavy atom. The van der Waals surface area contributed by atoms with E-state index in [9.17, 15) is 13.2 Å². The van der Waals surface area contributed by atoms with Crippen molar-refractivity contribution in [3.05, 3.63) is 0 Å². The fourth-order valence-corrected chi connectivity index (χ4v) is 0.824. The molecule has 0 amide bonds. The molecule has 0 saturated heterocycles. The summed E-state index contributed by atoms with van der Waals surface area (Å²) in [5.41, 5.74) is 0. The second kappa shape index (κ2) is 6.21. The lowest BCUT2D eigenvalue weighted by molar-refractivity contribution is -0.147. The van der Waals surface area contributed by atoms with Crippen LogP contribution in [-0.4, -0.2) is 30.6 Å². The highest BCUT2D eigenvalue weighted by molar-refractivity contribution is 4.53. The van der Waals surface area contributed by atoms with Gasteiger partial charge in [0, 0.05) is 0 Å². The van der Waals surface area contributed by atoms with Gasteiger partial charge in [-0.1, -0.05) is 13.3 Å². The molecule has 1 atom stereocenters. The number of ether oxygens (including phenoxy) is 1. The lowest BCUT2D eigenvalue weighted by atomic mass is 10.2. The van der Waals surface area contributed by atoms with Gasteiger partial charge in [-0.2, -0.15) is 13.2 Å². The number of alkyl halides is 3. The van der Waals surface area contributed by atoms with Gasteiger partial charge in [0.2, 0.25) is 0 Å². The van der Waals surface area contributed by atoms with Gasteiger partial charge in [0.1, 0.15) is 0 Å². The molecule has 0 rings (SSSR count). The minimum atomic E-state index is -4.17. The van der Waals surface area contributed by atoms with Gasteiger partial charge >= 0.3 is 6.18 Å². The van der Waals surface area contributed by atoms with Crippen LogP contribution in [0.4, 0.5) is 13.2 Å². The van der Waals surface area contributed by atoms with Gasteiger partial charge in [-0.15, -0.1) is 0 Å². The van der Waals surface area contributed by atoms with Gasteiger partial charge in [0.25, 0.3) is 0 Å². The molecule has 0 aliphatic rings. The quantitative estimate of drug-likeness (QED) is 0.665. The Hall–Kier alpha value is -0.290. The van der Waals surface area contributed by atoms with Crippen LogP contribution >= 0.6 is 0 Å². The summed E-state index contributed by atoms with van der Waals surface area (Å²) >= 11 is 0. The molecule has 0 spiro atoms. The van der Waals surface area contributed by atoms with E-state index < -0.39 is 18.7 Å². The Morgan fingerprint density at radius 3 is 2.46 bits per heavy atom. The first-order valence-corrected chi connectivity index (χ1v) is 4.28. The summed E-state index contributed by atoms with van der Waals surface area (Å²) in [6, 6.07) is 0. The number of aliphatic hydroxyl groups excluding tert-OH is 1. The molecule has 13 heavy (non-hydrogen) atoms. The van der Waals surface area contributed by atoms with Crippen molar-refractivity contribution in [2.75, 3.05) is 13.2 Å². The summed E-state index contributed by atoms with van der Waals surface area (Å²) in [7, 11) is 0. The fourth-order valence-electron chi connectivity index (χ4n) is 0.824. The van der Waals surface area contributed by atoms with Crippen molar-refractivity contribution < 1.29 is 23.0 Å². The molecule has 0 aromatic rings. The minimum absolute atomic E-state index is 0.0100. The molecule has 0 radical (unpaired) electrons. The van der Waals surface area contributed by atoms with Crippen LogP contribution in [-0.2, 0) is 4.74 Å². The number of aliphatic hydroxyl groups is 1. The van der Waals surface area contributed by atoms with Crippen LogP contribution < -0.4 is 0 Å². The van der Waals surface area contributed by atoms with Gasteiger partial charge in [-0.05, 0) is 6.42 Å². The lowest BCUT2D eigenvalue weighted by Gasteiger charge is -2.10. The monoisotopic (exact) mass is 200 g/mol. The second-order valence-corrected chi connectivity index (χ2v) is 2.88. The molecule has 0 aromatic heterocycles. The summed E-state index contributed by atoms with van der Waals surface area (Å²) in [4.78, 5) is 0.